The topological polar surface area (TPSA) is 75.7 Å². The summed E-state index contributed by atoms with van der Waals surface area (Å²) in [5.41, 5.74) is 3.91. The third kappa shape index (κ3) is 4.73. The number of halogens is 1. The molecule has 1 aliphatic carbocycles. The van der Waals surface area contributed by atoms with Crippen LogP contribution in [-0.4, -0.2) is 33.7 Å². The van der Waals surface area contributed by atoms with Gasteiger partial charge in [-0.05, 0) is 68.0 Å². The van der Waals surface area contributed by atoms with E-state index in [0.29, 0.717) is 10.8 Å². The smallest absolute Gasteiger partial charge is 0.244 e. The van der Waals surface area contributed by atoms with Crippen LogP contribution in [0.4, 0.5) is 5.69 Å². The summed E-state index contributed by atoms with van der Waals surface area (Å²) in [6.07, 6.45) is 4.36. The van der Waals surface area contributed by atoms with Crippen LogP contribution >= 0.6 is 11.6 Å². The number of aryl methyl sites for hydroxylation is 2. The minimum absolute atomic E-state index is 0.223. The lowest BCUT2D eigenvalue weighted by atomic mass is 10.0. The van der Waals surface area contributed by atoms with Crippen LogP contribution in [0.3, 0.4) is 0 Å². The molecule has 162 valence electrons. The average molecular weight is 451 g/mol. The Morgan fingerprint density at radius 3 is 2.50 bits per heavy atom. The van der Waals surface area contributed by atoms with Crippen molar-refractivity contribution in [1.29, 1.82) is 0 Å². The average Bonchev–Trinajstić information content (AvgIpc) is 3.14. The second kappa shape index (κ2) is 8.86. The molecule has 1 N–H and O–H groups in total. The molecule has 0 radical (unpaired) electrons. The molecule has 0 saturated heterocycles. The Kier molecular flexibility index (Phi) is 6.62. The van der Waals surface area contributed by atoms with Gasteiger partial charge in [0.25, 0.3) is 0 Å². The molecule has 1 amide bonds. The summed E-state index contributed by atoms with van der Waals surface area (Å²) in [6, 6.07) is 9.68. The number of nitrogens with one attached hydrogen (secondary N) is 1. The fourth-order valence-corrected chi connectivity index (χ4v) is 5.23. The van der Waals surface area contributed by atoms with E-state index in [-0.39, 0.29) is 11.7 Å². The van der Waals surface area contributed by atoms with E-state index < -0.39 is 22.0 Å². The summed E-state index contributed by atoms with van der Waals surface area (Å²) in [6.45, 7) is 3.44. The maximum atomic E-state index is 13.0. The van der Waals surface area contributed by atoms with Crippen molar-refractivity contribution in [3.63, 3.8) is 0 Å². The molecule has 8 heteroatoms. The van der Waals surface area contributed by atoms with E-state index in [2.05, 4.69) is 17.4 Å². The summed E-state index contributed by atoms with van der Waals surface area (Å²) in [7, 11) is -2.35. The van der Waals surface area contributed by atoms with E-state index in [1.807, 2.05) is 13.0 Å². The van der Waals surface area contributed by atoms with Crippen LogP contribution in [0.15, 0.2) is 36.4 Å². The van der Waals surface area contributed by atoms with Gasteiger partial charge in [0.05, 0.1) is 25.1 Å². The Balaban J connectivity index is 1.85. The van der Waals surface area contributed by atoms with Crippen molar-refractivity contribution in [3.8, 4) is 5.75 Å². The Morgan fingerprint density at radius 2 is 1.83 bits per heavy atom. The summed E-state index contributed by atoms with van der Waals surface area (Å²) >= 11 is 6.09. The molecular weight excluding hydrogens is 424 g/mol. The van der Waals surface area contributed by atoms with E-state index >= 15 is 0 Å². The largest absolute Gasteiger partial charge is 0.495 e. The number of ether oxygens (including phenoxy) is 1. The number of nitrogens with zero attached hydrogens (tertiary/aromatic N) is 1. The van der Waals surface area contributed by atoms with Gasteiger partial charge in [0, 0.05) is 5.02 Å². The number of rotatable bonds is 7. The number of hydrogen-bond acceptors (Lipinski definition) is 4. The second-order valence-corrected chi connectivity index (χ2v) is 9.96. The van der Waals surface area contributed by atoms with Gasteiger partial charge in [-0.3, -0.25) is 9.10 Å². The lowest BCUT2D eigenvalue weighted by Crippen LogP contribution is -2.48. The summed E-state index contributed by atoms with van der Waals surface area (Å²) < 4.78 is 31.5. The normalized spacial score (nSPS) is 15.2. The predicted octanol–water partition coefficient (Wildman–Crippen LogP) is 3.87. The molecule has 2 aromatic carbocycles. The Morgan fingerprint density at radius 1 is 1.13 bits per heavy atom. The maximum Gasteiger partial charge on any atom is 0.244 e. The highest BCUT2D eigenvalue weighted by Crippen LogP contribution is 2.34. The van der Waals surface area contributed by atoms with Gasteiger partial charge in [-0.25, -0.2) is 8.42 Å². The lowest BCUT2D eigenvalue weighted by Gasteiger charge is -2.30. The number of carbonyl (C=O) groups is 1. The zero-order valence-electron chi connectivity index (χ0n) is 17.6. The third-order valence-electron chi connectivity index (χ3n) is 5.45. The highest BCUT2D eigenvalue weighted by atomic mass is 35.5. The molecule has 2 unspecified atom stereocenters. The molecule has 0 heterocycles. The van der Waals surface area contributed by atoms with Crippen molar-refractivity contribution in [2.75, 3.05) is 17.7 Å². The Hall–Kier alpha value is -2.25. The third-order valence-corrected chi connectivity index (χ3v) is 6.91. The van der Waals surface area contributed by atoms with E-state index in [4.69, 9.17) is 16.3 Å². The fraction of sp³-hybridized carbons (Fsp3) is 0.409. The van der Waals surface area contributed by atoms with Crippen molar-refractivity contribution in [1.82, 2.24) is 5.32 Å². The number of amides is 1. The van der Waals surface area contributed by atoms with Gasteiger partial charge < -0.3 is 10.1 Å². The molecular formula is C22H27ClN2O4S. The molecule has 0 saturated carbocycles. The van der Waals surface area contributed by atoms with Crippen LogP contribution in [0.25, 0.3) is 0 Å². The maximum absolute atomic E-state index is 13.0. The minimum atomic E-state index is -3.79. The Labute approximate surface area is 183 Å². The van der Waals surface area contributed by atoms with Crippen molar-refractivity contribution >= 4 is 33.2 Å². The van der Waals surface area contributed by atoms with E-state index in [1.165, 1.54) is 24.3 Å². The van der Waals surface area contributed by atoms with Crippen LogP contribution in [0.5, 0.6) is 5.75 Å². The molecule has 6 nitrogen and oxygen atoms in total. The molecule has 30 heavy (non-hydrogen) atoms. The van der Waals surface area contributed by atoms with Gasteiger partial charge in [-0.2, -0.15) is 0 Å². The quantitative estimate of drug-likeness (QED) is 0.694. The first kappa shape index (κ1) is 22.4. The summed E-state index contributed by atoms with van der Waals surface area (Å²) in [5.74, 6) is -0.0911. The first-order valence-electron chi connectivity index (χ1n) is 9.87. The van der Waals surface area contributed by atoms with Gasteiger partial charge in [-0.1, -0.05) is 29.8 Å². The zero-order chi connectivity index (χ0) is 22.1. The van der Waals surface area contributed by atoms with Crippen LogP contribution in [0.1, 0.15) is 43.0 Å². The fourth-order valence-electron chi connectivity index (χ4n) is 3.89. The van der Waals surface area contributed by atoms with Gasteiger partial charge in [0.2, 0.25) is 15.9 Å². The summed E-state index contributed by atoms with van der Waals surface area (Å²) in [4.78, 5) is 13.0. The molecule has 0 fully saturated rings. The summed E-state index contributed by atoms with van der Waals surface area (Å²) in [5, 5.41) is 3.29. The highest BCUT2D eigenvalue weighted by molar-refractivity contribution is 7.92. The molecule has 0 bridgehead atoms. The molecule has 2 atom stereocenters. The number of methoxy groups -OCH3 is 1. The van der Waals surface area contributed by atoms with Crippen LogP contribution in [0.2, 0.25) is 5.02 Å². The van der Waals surface area contributed by atoms with Crippen molar-refractivity contribution < 1.29 is 17.9 Å². The van der Waals surface area contributed by atoms with Crippen LogP contribution in [0, 0.1) is 0 Å². The molecule has 3 rings (SSSR count). The number of fused-ring (bicyclic) bond motifs is 1. The molecule has 0 aromatic heterocycles. The number of hydrogen-bond donors (Lipinski definition) is 1. The lowest BCUT2D eigenvalue weighted by molar-refractivity contribution is -0.122. The number of sulfonamides is 1. The zero-order valence-corrected chi connectivity index (χ0v) is 19.2. The Bertz CT molecular complexity index is 1060. The second-order valence-electron chi connectivity index (χ2n) is 7.66. The molecule has 1 aliphatic rings. The highest BCUT2D eigenvalue weighted by Gasteiger charge is 2.32. The van der Waals surface area contributed by atoms with Crippen molar-refractivity contribution in [3.05, 3.63) is 58.1 Å². The molecule has 0 spiro atoms. The van der Waals surface area contributed by atoms with Crippen molar-refractivity contribution in [2.45, 2.75) is 45.2 Å². The monoisotopic (exact) mass is 450 g/mol. The number of benzene rings is 2. The molecule has 2 aromatic rings. The SMILES string of the molecule is COc1ccc(Cl)cc1N(C(C)C(=O)NC(C)c1ccc2c(c1)CCC2)S(C)(=O)=O. The van der Waals surface area contributed by atoms with Crippen molar-refractivity contribution in [2.24, 2.45) is 0 Å². The van der Waals surface area contributed by atoms with Crippen LogP contribution in [-0.2, 0) is 27.7 Å². The number of anilines is 1. The van der Waals surface area contributed by atoms with Gasteiger partial charge in [0.15, 0.2) is 0 Å². The predicted molar refractivity (Wildman–Crippen MR) is 120 cm³/mol. The standard InChI is InChI=1S/C22H27ClN2O4S/c1-14(17-9-8-16-6-5-7-18(16)12-17)24-22(26)15(2)25(30(4,27)28)20-13-19(23)10-11-21(20)29-3/h8-15H,5-7H2,1-4H3,(H,24,26). The van der Waals surface area contributed by atoms with E-state index in [1.54, 1.807) is 19.1 Å². The first-order chi connectivity index (χ1) is 14.1. The molecule has 0 aliphatic heterocycles. The van der Waals surface area contributed by atoms with Gasteiger partial charge >= 0.3 is 0 Å². The van der Waals surface area contributed by atoms with E-state index in [9.17, 15) is 13.2 Å². The number of carbonyl (C=O) groups excluding carboxylic acids is 1. The van der Waals surface area contributed by atoms with E-state index in [0.717, 1.165) is 35.4 Å². The van der Waals surface area contributed by atoms with Crippen LogP contribution < -0.4 is 14.4 Å². The first-order valence-corrected chi connectivity index (χ1v) is 12.1. The van der Waals surface area contributed by atoms with Gasteiger partial charge in [-0.15, -0.1) is 0 Å². The van der Waals surface area contributed by atoms with Gasteiger partial charge in [0.1, 0.15) is 11.8 Å². The minimum Gasteiger partial charge on any atom is -0.495 e.